The van der Waals surface area contributed by atoms with Gasteiger partial charge in [-0.2, -0.15) is 0 Å². The molecule has 1 aliphatic rings. The number of halogens is 1. The number of para-hydroxylation sites is 3. The number of thioether (sulfide) groups is 1. The Morgan fingerprint density at radius 3 is 2.53 bits per heavy atom. The molecule has 0 unspecified atom stereocenters. The fraction of sp³-hybridized carbons (Fsp3) is 0.160. The third-order valence-corrected chi connectivity index (χ3v) is 6.56. The van der Waals surface area contributed by atoms with E-state index >= 15 is 0 Å². The molecule has 0 radical (unpaired) electrons. The second-order valence-corrected chi connectivity index (χ2v) is 8.68. The lowest BCUT2D eigenvalue weighted by molar-refractivity contribution is -0.116. The van der Waals surface area contributed by atoms with E-state index in [0.717, 1.165) is 29.4 Å². The van der Waals surface area contributed by atoms with E-state index in [-0.39, 0.29) is 34.1 Å². The molecule has 0 aliphatic carbocycles. The van der Waals surface area contributed by atoms with Gasteiger partial charge in [0, 0.05) is 11.7 Å². The van der Waals surface area contributed by atoms with Gasteiger partial charge in [0.2, 0.25) is 5.91 Å². The van der Waals surface area contributed by atoms with Crippen LogP contribution in [0.5, 0.6) is 0 Å². The number of rotatable bonds is 4. The molecule has 0 bridgehead atoms. The van der Waals surface area contributed by atoms with E-state index in [1.807, 2.05) is 31.2 Å². The van der Waals surface area contributed by atoms with Crippen molar-refractivity contribution >= 4 is 34.3 Å². The molecule has 1 aliphatic heterocycles. The number of benzene rings is 3. The van der Waals surface area contributed by atoms with Gasteiger partial charge >= 0.3 is 0 Å². The van der Waals surface area contributed by atoms with Crippen LogP contribution in [0.25, 0.3) is 16.6 Å². The molecule has 2 heterocycles. The fourth-order valence-electron chi connectivity index (χ4n) is 4.20. The molecule has 4 aromatic rings. The molecule has 7 heteroatoms. The van der Waals surface area contributed by atoms with E-state index in [0.29, 0.717) is 10.9 Å². The van der Waals surface area contributed by atoms with Crippen LogP contribution in [0, 0.1) is 5.82 Å². The summed E-state index contributed by atoms with van der Waals surface area (Å²) in [6.45, 7) is 2.02. The molecule has 32 heavy (non-hydrogen) atoms. The van der Waals surface area contributed by atoms with Crippen LogP contribution in [0.2, 0.25) is 0 Å². The summed E-state index contributed by atoms with van der Waals surface area (Å²) in [5.41, 5.74) is 2.33. The molecule has 160 valence electrons. The van der Waals surface area contributed by atoms with Crippen LogP contribution in [0.4, 0.5) is 10.1 Å². The van der Waals surface area contributed by atoms with Gasteiger partial charge < -0.3 is 4.90 Å². The van der Waals surface area contributed by atoms with Crippen molar-refractivity contribution in [2.45, 2.75) is 24.5 Å². The van der Waals surface area contributed by atoms with E-state index in [1.54, 1.807) is 41.3 Å². The van der Waals surface area contributed by atoms with Gasteiger partial charge in [0.05, 0.1) is 22.3 Å². The summed E-state index contributed by atoms with van der Waals surface area (Å²) in [5.74, 6) is -0.519. The molecule has 0 saturated heterocycles. The van der Waals surface area contributed by atoms with Gasteiger partial charge in [-0.1, -0.05) is 54.2 Å². The van der Waals surface area contributed by atoms with Crippen molar-refractivity contribution < 1.29 is 9.18 Å². The molecule has 1 amide bonds. The highest BCUT2D eigenvalue weighted by molar-refractivity contribution is 7.99. The van der Waals surface area contributed by atoms with Crippen molar-refractivity contribution in [2.75, 3.05) is 10.7 Å². The Balaban J connectivity index is 1.53. The lowest BCUT2D eigenvalue weighted by atomic mass is 10.1. The van der Waals surface area contributed by atoms with Crippen molar-refractivity contribution in [1.82, 2.24) is 9.55 Å². The molecule has 5 nitrogen and oxygen atoms in total. The van der Waals surface area contributed by atoms with Gasteiger partial charge in [-0.25, -0.2) is 9.37 Å². The average Bonchev–Trinajstić information content (AvgIpc) is 3.14. The minimum atomic E-state index is -0.526. The average molecular weight is 446 g/mol. The SMILES string of the molecule is C[C@@H]1Cc2ccccc2N1C(=O)CSc1nc2ccccc2c(=O)n1-c1ccccc1F. The monoisotopic (exact) mass is 445 g/mol. The lowest BCUT2D eigenvalue weighted by Gasteiger charge is -2.23. The molecule has 5 rings (SSSR count). The number of hydrogen-bond donors (Lipinski definition) is 0. The first-order valence-electron chi connectivity index (χ1n) is 10.3. The Morgan fingerprint density at radius 1 is 1.03 bits per heavy atom. The largest absolute Gasteiger partial charge is 0.308 e. The summed E-state index contributed by atoms with van der Waals surface area (Å²) < 4.78 is 15.9. The minimum Gasteiger partial charge on any atom is -0.308 e. The number of fused-ring (bicyclic) bond motifs is 2. The Morgan fingerprint density at radius 2 is 1.72 bits per heavy atom. The molecule has 0 spiro atoms. The number of anilines is 1. The van der Waals surface area contributed by atoms with Gasteiger partial charge in [0.15, 0.2) is 5.16 Å². The quantitative estimate of drug-likeness (QED) is 0.340. The van der Waals surface area contributed by atoms with Crippen molar-refractivity contribution in [3.63, 3.8) is 0 Å². The Hall–Kier alpha value is -3.45. The van der Waals surface area contributed by atoms with Gasteiger partial charge in [-0.3, -0.25) is 14.2 Å². The molecule has 3 aromatic carbocycles. The zero-order valence-electron chi connectivity index (χ0n) is 17.4. The van der Waals surface area contributed by atoms with E-state index in [9.17, 15) is 14.0 Å². The van der Waals surface area contributed by atoms with Crippen LogP contribution in [0.1, 0.15) is 12.5 Å². The van der Waals surface area contributed by atoms with Crippen LogP contribution in [0.3, 0.4) is 0 Å². The van der Waals surface area contributed by atoms with E-state index in [1.165, 1.54) is 16.7 Å². The van der Waals surface area contributed by atoms with Gasteiger partial charge in [0.25, 0.3) is 5.56 Å². The zero-order chi connectivity index (χ0) is 22.2. The minimum absolute atomic E-state index is 0.0545. The summed E-state index contributed by atoms with van der Waals surface area (Å²) in [4.78, 5) is 32.8. The fourth-order valence-corrected chi connectivity index (χ4v) is 5.06. The molecular weight excluding hydrogens is 425 g/mol. The smallest absolute Gasteiger partial charge is 0.266 e. The maximum atomic E-state index is 14.6. The molecule has 1 aromatic heterocycles. The lowest BCUT2D eigenvalue weighted by Crippen LogP contribution is -2.37. The summed E-state index contributed by atoms with van der Waals surface area (Å²) in [7, 11) is 0. The second kappa shape index (κ2) is 8.24. The van der Waals surface area contributed by atoms with Crippen LogP contribution in [0.15, 0.2) is 82.7 Å². The third kappa shape index (κ3) is 3.48. The van der Waals surface area contributed by atoms with Crippen molar-refractivity contribution in [2.24, 2.45) is 0 Å². The number of carbonyl (C=O) groups excluding carboxylic acids is 1. The van der Waals surface area contributed by atoms with Gasteiger partial charge in [0.1, 0.15) is 5.82 Å². The molecular formula is C25H20FN3O2S. The highest BCUT2D eigenvalue weighted by Crippen LogP contribution is 2.33. The number of aromatic nitrogens is 2. The number of nitrogens with zero attached hydrogens (tertiary/aromatic N) is 3. The maximum Gasteiger partial charge on any atom is 0.266 e. The Kier molecular flexibility index (Phi) is 5.27. The van der Waals surface area contributed by atoms with E-state index < -0.39 is 5.82 Å². The van der Waals surface area contributed by atoms with Crippen LogP contribution in [-0.2, 0) is 11.2 Å². The normalized spacial score (nSPS) is 15.2. The highest BCUT2D eigenvalue weighted by Gasteiger charge is 2.30. The van der Waals surface area contributed by atoms with Crippen molar-refractivity contribution in [3.05, 3.63) is 94.5 Å². The molecule has 0 fully saturated rings. The standard InChI is InChI=1S/C25H20FN3O2S/c1-16-14-17-8-2-6-12-21(17)28(16)23(30)15-32-25-27-20-11-5-3-9-18(20)24(31)29(25)22-13-7-4-10-19(22)26/h2-13,16H,14-15H2,1H3/t16-/m1/s1. The highest BCUT2D eigenvalue weighted by atomic mass is 32.2. The summed E-state index contributed by atoms with van der Waals surface area (Å²) >= 11 is 1.15. The number of amides is 1. The molecule has 1 atom stereocenters. The van der Waals surface area contributed by atoms with Crippen molar-refractivity contribution in [3.8, 4) is 5.69 Å². The van der Waals surface area contributed by atoms with Gasteiger partial charge in [-0.15, -0.1) is 0 Å². The zero-order valence-corrected chi connectivity index (χ0v) is 18.2. The number of carbonyl (C=O) groups is 1. The van der Waals surface area contributed by atoms with Crippen LogP contribution in [-0.4, -0.2) is 27.3 Å². The first kappa shape index (κ1) is 20.5. The van der Waals surface area contributed by atoms with Crippen LogP contribution < -0.4 is 10.5 Å². The summed E-state index contributed by atoms with van der Waals surface area (Å²) in [6, 6.07) is 21.0. The summed E-state index contributed by atoms with van der Waals surface area (Å²) in [5, 5.41) is 0.681. The number of hydrogen-bond acceptors (Lipinski definition) is 4. The maximum absolute atomic E-state index is 14.6. The first-order valence-corrected chi connectivity index (χ1v) is 11.3. The first-order chi connectivity index (χ1) is 15.5. The van der Waals surface area contributed by atoms with Crippen LogP contribution >= 0.6 is 11.8 Å². The van der Waals surface area contributed by atoms with E-state index in [2.05, 4.69) is 4.98 Å². The predicted octanol–water partition coefficient (Wildman–Crippen LogP) is 4.59. The van der Waals surface area contributed by atoms with E-state index in [4.69, 9.17) is 0 Å². The topological polar surface area (TPSA) is 55.2 Å². The van der Waals surface area contributed by atoms with Gasteiger partial charge in [-0.05, 0) is 49.2 Å². The van der Waals surface area contributed by atoms with Crippen molar-refractivity contribution in [1.29, 1.82) is 0 Å². The second-order valence-electron chi connectivity index (χ2n) is 7.74. The third-order valence-electron chi connectivity index (χ3n) is 5.64. The Labute approximate surface area is 188 Å². The predicted molar refractivity (Wildman–Crippen MR) is 125 cm³/mol. The Bertz CT molecular complexity index is 1400. The summed E-state index contributed by atoms with van der Waals surface area (Å²) in [6.07, 6.45) is 0.806. The molecule has 0 saturated carbocycles. The molecule has 0 N–H and O–H groups in total.